The van der Waals surface area contributed by atoms with Gasteiger partial charge in [0.15, 0.2) is 10.7 Å². The van der Waals surface area contributed by atoms with Crippen molar-refractivity contribution in [1.29, 1.82) is 0 Å². The summed E-state index contributed by atoms with van der Waals surface area (Å²) in [5.74, 6) is 0. The smallest absolute Gasteiger partial charge is 0.170 e. The molecule has 2 aromatic rings. The molecule has 0 radical (unpaired) electrons. The van der Waals surface area contributed by atoms with E-state index in [-0.39, 0.29) is 4.90 Å². The Morgan fingerprint density at radius 1 is 1.25 bits per heavy atom. The Morgan fingerprint density at radius 3 is 2.83 bits per heavy atom. The van der Waals surface area contributed by atoms with Gasteiger partial charge < -0.3 is 0 Å². The van der Waals surface area contributed by atoms with Gasteiger partial charge in [0.2, 0.25) is 0 Å². The average molecular weight is 200 g/mol. The van der Waals surface area contributed by atoms with Crippen molar-refractivity contribution in [3.8, 4) is 0 Å². The number of rotatable bonds is 1. The van der Waals surface area contributed by atoms with Crippen molar-refractivity contribution < 1.29 is 8.42 Å². The van der Waals surface area contributed by atoms with Crippen LogP contribution in [0.1, 0.15) is 0 Å². The molecule has 0 N–H and O–H groups in total. The normalized spacial score (nSPS) is 11.1. The van der Waals surface area contributed by atoms with Gasteiger partial charge in [0.1, 0.15) is 11.0 Å². The van der Waals surface area contributed by atoms with E-state index in [1.807, 2.05) is 0 Å². The van der Waals surface area contributed by atoms with Crippen LogP contribution < -0.4 is 0 Å². The topological polar surface area (TPSA) is 59.9 Å². The van der Waals surface area contributed by atoms with Crippen LogP contribution in [-0.2, 0) is 10.7 Å². The second kappa shape index (κ2) is 2.80. The van der Waals surface area contributed by atoms with Crippen LogP contribution in [0, 0.1) is 0 Å². The molecule has 0 unspecified atom stereocenters. The first-order valence-corrected chi connectivity index (χ1v) is 5.05. The number of hydrogen-bond acceptors (Lipinski definition) is 5. The molecule has 0 atom stereocenters. The van der Waals surface area contributed by atoms with Crippen molar-refractivity contribution in [3.05, 3.63) is 18.2 Å². The number of aromatic nitrogens is 2. The summed E-state index contributed by atoms with van der Waals surface area (Å²) in [7, 11) is -2.57. The van der Waals surface area contributed by atoms with Gasteiger partial charge in [-0.2, -0.15) is 8.75 Å². The summed E-state index contributed by atoms with van der Waals surface area (Å²) in [6, 6.07) is 4.92. The lowest BCUT2D eigenvalue weighted by molar-refractivity contribution is 0.615. The van der Waals surface area contributed by atoms with Crippen LogP contribution in [0.2, 0.25) is 0 Å². The lowest BCUT2D eigenvalue weighted by Gasteiger charge is -1.88. The summed E-state index contributed by atoms with van der Waals surface area (Å²) in [6.45, 7) is 0. The molecule has 0 saturated heterocycles. The number of nitrogens with zero attached hydrogens (tertiary/aromatic N) is 2. The lowest BCUT2D eigenvalue weighted by atomic mass is 10.3. The molecule has 0 saturated carbocycles. The summed E-state index contributed by atoms with van der Waals surface area (Å²) in [5, 5.41) is 0. The standard InChI is InChI=1S/C6H4N2O2S2/c9-12(10)5-3-1-2-4-6(5)8-11-7-4/h1-3,12H. The van der Waals surface area contributed by atoms with Crippen LogP contribution in [0.15, 0.2) is 23.1 Å². The van der Waals surface area contributed by atoms with Crippen LogP contribution in [0.25, 0.3) is 11.0 Å². The van der Waals surface area contributed by atoms with Crippen molar-refractivity contribution in [2.45, 2.75) is 4.90 Å². The SMILES string of the molecule is O=[SH](=O)c1cccc2nsnc12. The molecule has 0 fully saturated rings. The second-order valence-corrected chi connectivity index (χ2v) is 3.69. The molecule has 12 heavy (non-hydrogen) atoms. The number of hydrogen-bond donors (Lipinski definition) is 1. The van der Waals surface area contributed by atoms with E-state index in [0.717, 1.165) is 11.7 Å². The summed E-state index contributed by atoms with van der Waals surface area (Å²) >= 11 is 1.02. The molecular weight excluding hydrogens is 196 g/mol. The van der Waals surface area contributed by atoms with Gasteiger partial charge in [-0.1, -0.05) is 6.07 Å². The van der Waals surface area contributed by atoms with Gasteiger partial charge >= 0.3 is 0 Å². The Labute approximate surface area is 74.1 Å². The minimum absolute atomic E-state index is 0.247. The van der Waals surface area contributed by atoms with Gasteiger partial charge in [-0.15, -0.1) is 0 Å². The van der Waals surface area contributed by atoms with E-state index in [4.69, 9.17) is 0 Å². The average Bonchev–Trinajstić information content (AvgIpc) is 2.49. The molecule has 0 spiro atoms. The third-order valence-electron chi connectivity index (χ3n) is 1.46. The number of fused-ring (bicyclic) bond motifs is 1. The Kier molecular flexibility index (Phi) is 1.78. The highest BCUT2D eigenvalue weighted by Crippen LogP contribution is 2.16. The van der Waals surface area contributed by atoms with Crippen LogP contribution >= 0.6 is 11.7 Å². The van der Waals surface area contributed by atoms with Crippen molar-refractivity contribution in [1.82, 2.24) is 8.75 Å². The van der Waals surface area contributed by atoms with E-state index in [1.54, 1.807) is 12.1 Å². The molecule has 6 heteroatoms. The second-order valence-electron chi connectivity index (χ2n) is 2.17. The molecule has 0 aliphatic carbocycles. The Hall–Kier alpha value is -1.01. The molecule has 1 heterocycles. The van der Waals surface area contributed by atoms with Crippen molar-refractivity contribution in [3.63, 3.8) is 0 Å². The fourth-order valence-corrected chi connectivity index (χ4v) is 2.10. The maximum Gasteiger partial charge on any atom is 0.170 e. The van der Waals surface area contributed by atoms with E-state index in [0.29, 0.717) is 11.0 Å². The van der Waals surface area contributed by atoms with Crippen molar-refractivity contribution in [2.75, 3.05) is 0 Å². The van der Waals surface area contributed by atoms with Crippen molar-refractivity contribution >= 4 is 33.5 Å². The highest BCUT2D eigenvalue weighted by Gasteiger charge is 2.05. The van der Waals surface area contributed by atoms with Gasteiger partial charge in [-0.3, -0.25) is 0 Å². The summed E-state index contributed by atoms with van der Waals surface area (Å²) in [5.41, 5.74) is 1.11. The van der Waals surface area contributed by atoms with Gasteiger partial charge in [0.25, 0.3) is 0 Å². The molecule has 1 aromatic carbocycles. The third-order valence-corrected chi connectivity index (χ3v) is 2.76. The van der Waals surface area contributed by atoms with E-state index in [1.165, 1.54) is 6.07 Å². The Balaban J connectivity index is 2.91. The van der Waals surface area contributed by atoms with Gasteiger partial charge in [-0.05, 0) is 12.1 Å². The fourth-order valence-electron chi connectivity index (χ4n) is 0.939. The van der Waals surface area contributed by atoms with Gasteiger partial charge in [-0.25, -0.2) is 8.42 Å². The fraction of sp³-hybridized carbons (Fsp3) is 0. The summed E-state index contributed by atoms with van der Waals surface area (Å²) in [6.07, 6.45) is 0. The highest BCUT2D eigenvalue weighted by atomic mass is 32.2. The Bertz CT molecular complexity index is 481. The van der Waals surface area contributed by atoms with Crippen LogP contribution in [0.5, 0.6) is 0 Å². The van der Waals surface area contributed by atoms with Crippen molar-refractivity contribution in [2.24, 2.45) is 0 Å². The lowest BCUT2D eigenvalue weighted by Crippen LogP contribution is -1.81. The van der Waals surface area contributed by atoms with E-state index < -0.39 is 10.7 Å². The van der Waals surface area contributed by atoms with Gasteiger partial charge in [0.05, 0.1) is 16.6 Å². The van der Waals surface area contributed by atoms with Crippen LogP contribution in [0.3, 0.4) is 0 Å². The first-order chi connectivity index (χ1) is 5.79. The third kappa shape index (κ3) is 1.09. The minimum Gasteiger partial charge on any atom is -0.227 e. The van der Waals surface area contributed by atoms with E-state index >= 15 is 0 Å². The zero-order valence-corrected chi connectivity index (χ0v) is 7.51. The largest absolute Gasteiger partial charge is 0.227 e. The predicted molar refractivity (Wildman–Crippen MR) is 46.0 cm³/mol. The molecule has 1 aromatic heterocycles. The van der Waals surface area contributed by atoms with E-state index in [2.05, 4.69) is 8.75 Å². The summed E-state index contributed by atoms with van der Waals surface area (Å²) in [4.78, 5) is 0.247. The number of benzene rings is 1. The van der Waals surface area contributed by atoms with Gasteiger partial charge in [0, 0.05) is 0 Å². The van der Waals surface area contributed by atoms with Crippen LogP contribution in [-0.4, -0.2) is 17.2 Å². The molecule has 0 aliphatic heterocycles. The number of thiol groups is 1. The zero-order valence-electron chi connectivity index (χ0n) is 5.80. The molecule has 2 rings (SSSR count). The molecule has 4 nitrogen and oxygen atoms in total. The first-order valence-electron chi connectivity index (χ1n) is 3.15. The Morgan fingerprint density at radius 2 is 2.08 bits per heavy atom. The molecule has 0 aliphatic rings. The monoisotopic (exact) mass is 200 g/mol. The van der Waals surface area contributed by atoms with Crippen LogP contribution in [0.4, 0.5) is 0 Å². The maximum absolute atomic E-state index is 10.7. The predicted octanol–water partition coefficient (Wildman–Crippen LogP) is 0.662. The molecule has 0 amide bonds. The minimum atomic E-state index is -2.57. The quantitative estimate of drug-likeness (QED) is 0.687. The molecule has 0 bridgehead atoms. The molecule has 62 valence electrons. The molecular formula is C6H4N2O2S2. The summed E-state index contributed by atoms with van der Waals surface area (Å²) < 4.78 is 29.2. The highest BCUT2D eigenvalue weighted by molar-refractivity contribution is 7.72. The first kappa shape index (κ1) is 7.63. The zero-order chi connectivity index (χ0) is 8.55. The van der Waals surface area contributed by atoms with E-state index in [9.17, 15) is 8.42 Å². The maximum atomic E-state index is 10.7.